The number of carbonyl (C=O) groups is 1. The molecule has 0 N–H and O–H groups in total. The third-order valence-electron chi connectivity index (χ3n) is 5.30. The molecular weight excluding hydrogens is 306 g/mol. The van der Waals surface area contributed by atoms with Crippen molar-refractivity contribution in [2.75, 3.05) is 39.8 Å². The van der Waals surface area contributed by atoms with Gasteiger partial charge in [0.15, 0.2) is 0 Å². The van der Waals surface area contributed by atoms with Crippen molar-refractivity contribution in [3.8, 4) is 0 Å². The molecule has 5 heteroatoms. The molecule has 2 fully saturated rings. The maximum atomic E-state index is 12.5. The van der Waals surface area contributed by atoms with E-state index in [4.69, 9.17) is 0 Å². The molecule has 4 nitrogen and oxygen atoms in total. The van der Waals surface area contributed by atoms with Gasteiger partial charge in [-0.25, -0.2) is 0 Å². The summed E-state index contributed by atoms with van der Waals surface area (Å²) in [6.07, 6.45) is 5.65. The van der Waals surface area contributed by atoms with Gasteiger partial charge in [-0.05, 0) is 44.3 Å². The van der Waals surface area contributed by atoms with Gasteiger partial charge in [0.05, 0.1) is 0 Å². The molecule has 3 heterocycles. The third-order valence-corrected chi connectivity index (χ3v) is 6.16. The second-order valence-electron chi connectivity index (χ2n) is 6.91. The van der Waals surface area contributed by atoms with Crippen LogP contribution in [0.5, 0.6) is 0 Å². The van der Waals surface area contributed by atoms with E-state index in [1.165, 1.54) is 30.7 Å². The van der Waals surface area contributed by atoms with Crippen LogP contribution in [0, 0.1) is 0 Å². The molecule has 128 valence electrons. The lowest BCUT2D eigenvalue weighted by Crippen LogP contribution is -2.48. The molecule has 2 aliphatic heterocycles. The van der Waals surface area contributed by atoms with Crippen LogP contribution in [0.1, 0.15) is 37.0 Å². The summed E-state index contributed by atoms with van der Waals surface area (Å²) >= 11 is 1.82. The van der Waals surface area contributed by atoms with Gasteiger partial charge in [-0.2, -0.15) is 0 Å². The van der Waals surface area contributed by atoms with Crippen molar-refractivity contribution < 1.29 is 4.79 Å². The fraction of sp³-hybridized carbons (Fsp3) is 0.722. The number of carbonyl (C=O) groups excluding carboxylic acids is 1. The Kier molecular flexibility index (Phi) is 6.08. The average molecular weight is 336 g/mol. The standard InChI is InChI=1S/C18H29N3OS/c1-19-9-3-2-5-16(19)7-8-18(22)21-12-10-20(11-13-21)15-17-6-4-14-23-17/h4,6,14,16H,2-3,5,7-13,15H2,1H3/t16-/m0/s1. The van der Waals surface area contributed by atoms with Crippen molar-refractivity contribution in [3.05, 3.63) is 22.4 Å². The minimum atomic E-state index is 0.361. The Balaban J connectivity index is 1.38. The molecule has 0 saturated carbocycles. The first-order valence-corrected chi connectivity index (χ1v) is 9.83. The molecular formula is C18H29N3OS. The minimum Gasteiger partial charge on any atom is -0.340 e. The van der Waals surface area contributed by atoms with Gasteiger partial charge >= 0.3 is 0 Å². The molecule has 0 bridgehead atoms. The lowest BCUT2D eigenvalue weighted by atomic mass is 9.98. The molecule has 1 aromatic heterocycles. The Morgan fingerprint density at radius 2 is 2.04 bits per heavy atom. The van der Waals surface area contributed by atoms with Crippen molar-refractivity contribution in [3.63, 3.8) is 0 Å². The maximum absolute atomic E-state index is 12.5. The van der Waals surface area contributed by atoms with E-state index in [9.17, 15) is 4.79 Å². The van der Waals surface area contributed by atoms with Crippen molar-refractivity contribution in [1.29, 1.82) is 0 Å². The van der Waals surface area contributed by atoms with Crippen LogP contribution in [0.15, 0.2) is 17.5 Å². The number of rotatable bonds is 5. The molecule has 1 atom stereocenters. The van der Waals surface area contributed by atoms with Gasteiger partial charge in [0.2, 0.25) is 5.91 Å². The van der Waals surface area contributed by atoms with E-state index in [0.29, 0.717) is 11.9 Å². The second-order valence-corrected chi connectivity index (χ2v) is 7.94. The van der Waals surface area contributed by atoms with Gasteiger partial charge in [0.25, 0.3) is 0 Å². The van der Waals surface area contributed by atoms with Gasteiger partial charge in [0.1, 0.15) is 0 Å². The van der Waals surface area contributed by atoms with E-state index in [-0.39, 0.29) is 0 Å². The molecule has 0 unspecified atom stereocenters. The van der Waals surface area contributed by atoms with Crippen LogP contribution in [0.2, 0.25) is 0 Å². The Bertz CT molecular complexity index is 482. The summed E-state index contributed by atoms with van der Waals surface area (Å²) in [6, 6.07) is 4.93. The molecule has 0 aliphatic carbocycles. The molecule has 1 amide bonds. The van der Waals surface area contributed by atoms with Crippen LogP contribution in [0.4, 0.5) is 0 Å². The Morgan fingerprint density at radius 3 is 2.74 bits per heavy atom. The predicted octanol–water partition coefficient (Wildman–Crippen LogP) is 2.66. The first kappa shape index (κ1) is 16.9. The lowest BCUT2D eigenvalue weighted by Gasteiger charge is -2.36. The summed E-state index contributed by atoms with van der Waals surface area (Å²) in [4.78, 5) is 20.9. The number of likely N-dealkylation sites (tertiary alicyclic amines) is 1. The van der Waals surface area contributed by atoms with Crippen LogP contribution in [-0.2, 0) is 11.3 Å². The van der Waals surface area contributed by atoms with E-state index >= 15 is 0 Å². The summed E-state index contributed by atoms with van der Waals surface area (Å²) in [5.41, 5.74) is 0. The van der Waals surface area contributed by atoms with Gasteiger partial charge in [0, 0.05) is 50.1 Å². The zero-order valence-electron chi connectivity index (χ0n) is 14.2. The summed E-state index contributed by atoms with van der Waals surface area (Å²) < 4.78 is 0. The molecule has 0 spiro atoms. The van der Waals surface area contributed by atoms with Gasteiger partial charge in [-0.1, -0.05) is 12.5 Å². The first-order valence-electron chi connectivity index (χ1n) is 8.95. The highest BCUT2D eigenvalue weighted by Crippen LogP contribution is 2.20. The zero-order valence-corrected chi connectivity index (χ0v) is 15.1. The van der Waals surface area contributed by atoms with Crippen molar-refractivity contribution in [1.82, 2.24) is 14.7 Å². The highest BCUT2D eigenvalue weighted by Gasteiger charge is 2.24. The number of nitrogens with zero attached hydrogens (tertiary/aromatic N) is 3. The number of hydrogen-bond donors (Lipinski definition) is 0. The fourth-order valence-corrected chi connectivity index (χ4v) is 4.48. The highest BCUT2D eigenvalue weighted by molar-refractivity contribution is 7.09. The van der Waals surface area contributed by atoms with Crippen LogP contribution >= 0.6 is 11.3 Å². The molecule has 1 aromatic rings. The highest BCUT2D eigenvalue weighted by atomic mass is 32.1. The summed E-state index contributed by atoms with van der Waals surface area (Å²) in [5.74, 6) is 0.361. The van der Waals surface area contributed by atoms with E-state index < -0.39 is 0 Å². The summed E-state index contributed by atoms with van der Waals surface area (Å²) in [6.45, 7) is 6.03. The SMILES string of the molecule is CN1CCCC[C@H]1CCC(=O)N1CCN(Cc2cccs2)CC1. The van der Waals surface area contributed by atoms with Crippen molar-refractivity contribution in [2.45, 2.75) is 44.7 Å². The van der Waals surface area contributed by atoms with Gasteiger partial charge < -0.3 is 9.80 Å². The average Bonchev–Trinajstić information content (AvgIpc) is 3.07. The number of thiophene rings is 1. The summed E-state index contributed by atoms with van der Waals surface area (Å²) in [7, 11) is 2.21. The maximum Gasteiger partial charge on any atom is 0.222 e. The minimum absolute atomic E-state index is 0.361. The second kappa shape index (κ2) is 8.27. The topological polar surface area (TPSA) is 26.8 Å². The monoisotopic (exact) mass is 335 g/mol. The van der Waals surface area contributed by atoms with Crippen LogP contribution in [-0.4, -0.2) is 66.4 Å². The molecule has 0 radical (unpaired) electrons. The number of piperidine rings is 1. The Morgan fingerprint density at radius 1 is 1.22 bits per heavy atom. The molecule has 23 heavy (non-hydrogen) atoms. The first-order chi connectivity index (χ1) is 11.2. The largest absolute Gasteiger partial charge is 0.340 e. The van der Waals surface area contributed by atoms with Crippen molar-refractivity contribution in [2.24, 2.45) is 0 Å². The fourth-order valence-electron chi connectivity index (χ4n) is 3.74. The van der Waals surface area contributed by atoms with Crippen LogP contribution < -0.4 is 0 Å². The van der Waals surface area contributed by atoms with Crippen LogP contribution in [0.3, 0.4) is 0 Å². The zero-order chi connectivity index (χ0) is 16.1. The predicted molar refractivity (Wildman–Crippen MR) is 95.7 cm³/mol. The van der Waals surface area contributed by atoms with Crippen molar-refractivity contribution >= 4 is 17.2 Å². The summed E-state index contributed by atoms with van der Waals surface area (Å²) in [5, 5.41) is 2.14. The number of amides is 1. The van der Waals surface area contributed by atoms with E-state index in [1.54, 1.807) is 0 Å². The smallest absolute Gasteiger partial charge is 0.222 e. The Hall–Kier alpha value is -0.910. The Labute approximate surface area is 144 Å². The van der Waals surface area contributed by atoms with E-state index in [1.807, 2.05) is 11.3 Å². The third kappa shape index (κ3) is 4.78. The molecule has 2 aliphatic rings. The molecule has 3 rings (SSSR count). The van der Waals surface area contributed by atoms with E-state index in [0.717, 1.165) is 45.6 Å². The molecule has 0 aromatic carbocycles. The quantitative estimate of drug-likeness (QED) is 0.828. The van der Waals surface area contributed by atoms with Gasteiger partial charge in [-0.3, -0.25) is 9.69 Å². The van der Waals surface area contributed by atoms with Crippen LogP contribution in [0.25, 0.3) is 0 Å². The molecule has 2 saturated heterocycles. The van der Waals surface area contributed by atoms with E-state index in [2.05, 4.69) is 39.3 Å². The normalized spacial score (nSPS) is 24.0. The van der Waals surface area contributed by atoms with Gasteiger partial charge in [-0.15, -0.1) is 11.3 Å². The lowest BCUT2D eigenvalue weighted by molar-refractivity contribution is -0.133. The number of hydrogen-bond acceptors (Lipinski definition) is 4. The number of piperazine rings is 1.